The molecule has 0 saturated heterocycles. The lowest BCUT2D eigenvalue weighted by Gasteiger charge is -2.27. The lowest BCUT2D eigenvalue weighted by molar-refractivity contribution is -0.166. The van der Waals surface area contributed by atoms with Gasteiger partial charge in [-0.15, -0.1) is 0 Å². The molecule has 0 amide bonds. The fourth-order valence-corrected chi connectivity index (χ4v) is 0.969. The van der Waals surface area contributed by atoms with Crippen molar-refractivity contribution in [3.63, 3.8) is 0 Å². The van der Waals surface area contributed by atoms with Crippen molar-refractivity contribution in [2.75, 3.05) is 13.2 Å². The monoisotopic (exact) mass is 237 g/mol. The Balaban J connectivity index is 4.65. The summed E-state index contributed by atoms with van der Waals surface area (Å²) >= 11 is 0. The average Bonchev–Trinajstić information content (AvgIpc) is 2.32. The van der Waals surface area contributed by atoms with Crippen LogP contribution in [0.3, 0.4) is 0 Å². The van der Waals surface area contributed by atoms with E-state index in [-0.39, 0.29) is 6.29 Å². The van der Waals surface area contributed by atoms with Crippen molar-refractivity contribution in [2.24, 2.45) is 5.73 Å². The van der Waals surface area contributed by atoms with Gasteiger partial charge in [0.05, 0.1) is 6.61 Å². The molecule has 8 heteroatoms. The highest BCUT2D eigenvalue weighted by atomic mass is 16.6. The first kappa shape index (κ1) is 14.9. The van der Waals surface area contributed by atoms with Gasteiger partial charge in [-0.25, -0.2) is 4.79 Å². The van der Waals surface area contributed by atoms with Crippen LogP contribution in [0.5, 0.6) is 0 Å². The molecular formula is C8H15NO7. The van der Waals surface area contributed by atoms with Crippen LogP contribution in [-0.2, 0) is 14.3 Å². The number of hydrogen-bond acceptors (Lipinski definition) is 8. The van der Waals surface area contributed by atoms with Crippen molar-refractivity contribution < 1.29 is 34.8 Å². The number of aliphatic hydroxyl groups is 4. The highest BCUT2D eigenvalue weighted by Gasteiger charge is 2.33. The van der Waals surface area contributed by atoms with E-state index in [1.165, 1.54) is 0 Å². The van der Waals surface area contributed by atoms with E-state index in [1.54, 1.807) is 0 Å². The summed E-state index contributed by atoms with van der Waals surface area (Å²) < 4.78 is 4.47. The highest BCUT2D eigenvalue weighted by molar-refractivity contribution is 5.71. The molecule has 0 spiro atoms. The maximum Gasteiger partial charge on any atom is 0.332 e. The first-order valence-electron chi connectivity index (χ1n) is 4.46. The van der Waals surface area contributed by atoms with Crippen LogP contribution in [0, 0.1) is 0 Å². The number of aliphatic hydroxyl groups excluding tert-OH is 4. The Morgan fingerprint density at radius 3 is 2.31 bits per heavy atom. The minimum Gasteiger partial charge on any atom is -0.456 e. The summed E-state index contributed by atoms with van der Waals surface area (Å²) in [5.41, 5.74) is 5.23. The van der Waals surface area contributed by atoms with Crippen LogP contribution in [0.4, 0.5) is 0 Å². The second kappa shape index (κ2) is 7.25. The molecule has 0 rings (SSSR count). The number of ether oxygens (including phenoxy) is 1. The molecule has 16 heavy (non-hydrogen) atoms. The molecule has 0 aliphatic carbocycles. The minimum atomic E-state index is -1.72. The third kappa shape index (κ3) is 4.21. The van der Waals surface area contributed by atoms with Crippen LogP contribution in [0.25, 0.3) is 0 Å². The van der Waals surface area contributed by atoms with Crippen LogP contribution in [-0.4, -0.2) is 70.2 Å². The molecule has 6 N–H and O–H groups in total. The van der Waals surface area contributed by atoms with Crippen LogP contribution in [0.1, 0.15) is 0 Å². The summed E-state index contributed by atoms with van der Waals surface area (Å²) in [6.45, 7) is -1.75. The van der Waals surface area contributed by atoms with Crippen LogP contribution in [0.15, 0.2) is 0 Å². The zero-order valence-corrected chi connectivity index (χ0v) is 8.39. The number of rotatable bonds is 7. The predicted octanol–water partition coefficient (Wildman–Crippen LogP) is -3.87. The third-order valence-corrected chi connectivity index (χ3v) is 1.85. The fraction of sp³-hybridized carbons (Fsp3) is 0.750. The SMILES string of the molecule is N[C@@H](C=O)[C@@H](OC(=O)CO)[C@H](O)[C@H](O)CO. The Kier molecular flexibility index (Phi) is 6.77. The molecule has 0 heterocycles. The van der Waals surface area contributed by atoms with Gasteiger partial charge in [0, 0.05) is 0 Å². The number of esters is 1. The number of hydrogen-bond donors (Lipinski definition) is 5. The van der Waals surface area contributed by atoms with Gasteiger partial charge in [-0.05, 0) is 0 Å². The minimum absolute atomic E-state index is 0.211. The summed E-state index contributed by atoms with van der Waals surface area (Å²) in [7, 11) is 0. The lowest BCUT2D eigenvalue weighted by Crippen LogP contribution is -2.52. The average molecular weight is 237 g/mol. The van der Waals surface area contributed by atoms with Crippen LogP contribution >= 0.6 is 0 Å². The number of aldehydes is 1. The second-order valence-electron chi connectivity index (χ2n) is 3.07. The maximum atomic E-state index is 10.8. The highest BCUT2D eigenvalue weighted by Crippen LogP contribution is 2.07. The summed E-state index contributed by atoms with van der Waals surface area (Å²) in [4.78, 5) is 21.2. The van der Waals surface area contributed by atoms with Crippen molar-refractivity contribution in [2.45, 2.75) is 24.4 Å². The molecule has 0 radical (unpaired) electrons. The quantitative estimate of drug-likeness (QED) is 0.223. The second-order valence-corrected chi connectivity index (χ2v) is 3.07. The van der Waals surface area contributed by atoms with Gasteiger partial charge >= 0.3 is 5.97 Å². The smallest absolute Gasteiger partial charge is 0.332 e. The first-order chi connectivity index (χ1) is 7.47. The van der Waals surface area contributed by atoms with E-state index in [2.05, 4.69) is 4.74 Å². The lowest BCUT2D eigenvalue weighted by atomic mass is 10.0. The summed E-state index contributed by atoms with van der Waals surface area (Å²) in [5, 5.41) is 35.5. The van der Waals surface area contributed by atoms with Crippen LogP contribution < -0.4 is 5.73 Å². The molecule has 0 aliphatic rings. The Bertz CT molecular complexity index is 234. The molecule has 0 bridgehead atoms. The summed E-state index contributed by atoms with van der Waals surface area (Å²) in [5.74, 6) is -1.11. The molecule has 0 fully saturated rings. The van der Waals surface area contributed by atoms with E-state index in [0.717, 1.165) is 0 Å². The summed E-state index contributed by atoms with van der Waals surface area (Å²) in [6.07, 6.45) is -4.65. The largest absolute Gasteiger partial charge is 0.456 e. The number of nitrogens with two attached hydrogens (primary N) is 1. The molecule has 94 valence electrons. The molecular weight excluding hydrogens is 222 g/mol. The van der Waals surface area contributed by atoms with Gasteiger partial charge in [-0.2, -0.15) is 0 Å². The molecule has 0 aliphatic heterocycles. The van der Waals surface area contributed by atoms with Gasteiger partial charge in [0.15, 0.2) is 6.10 Å². The van der Waals surface area contributed by atoms with Crippen molar-refractivity contribution in [1.29, 1.82) is 0 Å². The fourth-order valence-electron chi connectivity index (χ4n) is 0.969. The topological polar surface area (TPSA) is 150 Å². The van der Waals surface area contributed by atoms with Crippen molar-refractivity contribution in [3.05, 3.63) is 0 Å². The number of carbonyl (C=O) groups excluding carboxylic acids is 2. The van der Waals surface area contributed by atoms with Gasteiger partial charge in [0.25, 0.3) is 0 Å². The Morgan fingerprint density at radius 2 is 1.94 bits per heavy atom. The normalized spacial score (nSPS) is 18.3. The molecule has 4 atom stereocenters. The maximum absolute atomic E-state index is 10.8. The van der Waals surface area contributed by atoms with E-state index in [4.69, 9.17) is 21.1 Å². The molecule has 0 aromatic carbocycles. The molecule has 0 saturated carbocycles. The molecule has 8 nitrogen and oxygen atoms in total. The van der Waals surface area contributed by atoms with E-state index in [1.807, 2.05) is 0 Å². The Hall–Kier alpha value is -1.06. The van der Waals surface area contributed by atoms with Gasteiger partial charge in [-0.3, -0.25) is 0 Å². The Labute approximate surface area is 91.2 Å². The van der Waals surface area contributed by atoms with E-state index >= 15 is 0 Å². The van der Waals surface area contributed by atoms with E-state index < -0.39 is 43.5 Å². The molecule has 0 aromatic rings. The third-order valence-electron chi connectivity index (χ3n) is 1.85. The zero-order chi connectivity index (χ0) is 12.7. The molecule has 0 unspecified atom stereocenters. The van der Waals surface area contributed by atoms with Gasteiger partial charge in [0.2, 0.25) is 0 Å². The van der Waals surface area contributed by atoms with Crippen LogP contribution in [0.2, 0.25) is 0 Å². The zero-order valence-electron chi connectivity index (χ0n) is 8.39. The molecule has 0 aromatic heterocycles. The van der Waals surface area contributed by atoms with Gasteiger partial charge in [-0.1, -0.05) is 0 Å². The summed E-state index contributed by atoms with van der Waals surface area (Å²) in [6, 6.07) is -1.37. The van der Waals surface area contributed by atoms with Gasteiger partial charge < -0.3 is 35.7 Å². The number of carbonyl (C=O) groups is 2. The van der Waals surface area contributed by atoms with Crippen molar-refractivity contribution >= 4 is 12.3 Å². The predicted molar refractivity (Wildman–Crippen MR) is 50.1 cm³/mol. The van der Waals surface area contributed by atoms with E-state index in [9.17, 15) is 14.7 Å². The van der Waals surface area contributed by atoms with E-state index in [0.29, 0.717) is 0 Å². The van der Waals surface area contributed by atoms with Crippen molar-refractivity contribution in [3.8, 4) is 0 Å². The van der Waals surface area contributed by atoms with Gasteiger partial charge in [0.1, 0.15) is 31.1 Å². The van der Waals surface area contributed by atoms with Crippen molar-refractivity contribution in [1.82, 2.24) is 0 Å². The Morgan fingerprint density at radius 1 is 1.38 bits per heavy atom. The first-order valence-corrected chi connectivity index (χ1v) is 4.46. The standard InChI is InChI=1S/C8H15NO7/c9-4(1-10)8(16-6(14)3-12)7(15)5(13)2-11/h1,4-5,7-8,11-13,15H,2-3,9H2/t4-,5+,7+,8+/m0/s1.